The minimum absolute atomic E-state index is 0.0419. The second-order valence-corrected chi connectivity index (χ2v) is 11.8. The lowest BCUT2D eigenvalue weighted by atomic mass is 9.92. The second-order valence-electron chi connectivity index (χ2n) is 9.88. The van der Waals surface area contributed by atoms with E-state index in [1.165, 1.54) is 10.4 Å². The van der Waals surface area contributed by atoms with Crippen molar-refractivity contribution in [1.29, 1.82) is 0 Å². The molecule has 42 heavy (non-hydrogen) atoms. The molecule has 2 aromatic carbocycles. The van der Waals surface area contributed by atoms with E-state index in [0.717, 1.165) is 55.0 Å². The number of nitrogens with zero attached hydrogens (tertiary/aromatic N) is 5. The second kappa shape index (κ2) is 11.6. The summed E-state index contributed by atoms with van der Waals surface area (Å²) in [5.74, 6) is -0.469. The Morgan fingerprint density at radius 3 is 2.26 bits per heavy atom. The Kier molecular flexibility index (Phi) is 8.20. The number of piperazine rings is 1. The van der Waals surface area contributed by atoms with Gasteiger partial charge in [-0.05, 0) is 67.1 Å². The zero-order valence-corrected chi connectivity index (χ0v) is 22.9. The van der Waals surface area contributed by atoms with Crippen molar-refractivity contribution in [3.63, 3.8) is 0 Å². The zero-order chi connectivity index (χ0) is 30.1. The van der Waals surface area contributed by atoms with Crippen molar-refractivity contribution in [2.75, 3.05) is 43.0 Å². The van der Waals surface area contributed by atoms with E-state index < -0.39 is 40.6 Å². The van der Waals surface area contributed by atoms with Crippen molar-refractivity contribution in [3.05, 3.63) is 59.2 Å². The largest absolute Gasteiger partial charge is 0.454 e. The third kappa shape index (κ3) is 7.03. The summed E-state index contributed by atoms with van der Waals surface area (Å²) < 4.78 is 111. The van der Waals surface area contributed by atoms with Gasteiger partial charge in [0.15, 0.2) is 6.61 Å². The first-order chi connectivity index (χ1) is 19.8. The highest BCUT2D eigenvalue weighted by Crippen LogP contribution is 2.32. The van der Waals surface area contributed by atoms with Gasteiger partial charge in [0.1, 0.15) is 0 Å². The SMILES string of the molecule is O=S(=O)(c1ccc2c(c1)CCCC2)N1CCN(c2nc(Nc3cccc(C(F)(F)F)c3)nc(OCC(F)(F)F)n2)CC1. The van der Waals surface area contributed by atoms with Crippen LogP contribution >= 0.6 is 0 Å². The summed E-state index contributed by atoms with van der Waals surface area (Å²) >= 11 is 0. The first-order valence-electron chi connectivity index (χ1n) is 13.0. The van der Waals surface area contributed by atoms with Crippen LogP contribution < -0.4 is 15.0 Å². The normalized spacial score (nSPS) is 16.7. The van der Waals surface area contributed by atoms with E-state index in [9.17, 15) is 34.8 Å². The van der Waals surface area contributed by atoms with Crippen molar-refractivity contribution < 1.29 is 39.5 Å². The van der Waals surface area contributed by atoms with E-state index in [1.54, 1.807) is 17.0 Å². The molecule has 0 unspecified atom stereocenters. The summed E-state index contributed by atoms with van der Waals surface area (Å²) in [5.41, 5.74) is 1.16. The van der Waals surface area contributed by atoms with Gasteiger partial charge < -0.3 is 15.0 Å². The van der Waals surface area contributed by atoms with E-state index in [2.05, 4.69) is 20.3 Å². The first kappa shape index (κ1) is 29.8. The Morgan fingerprint density at radius 1 is 0.857 bits per heavy atom. The number of rotatable bonds is 7. The number of aromatic nitrogens is 3. The van der Waals surface area contributed by atoms with Crippen LogP contribution in [0.1, 0.15) is 29.5 Å². The fraction of sp³-hybridized carbons (Fsp3) is 0.423. The minimum atomic E-state index is -4.70. The van der Waals surface area contributed by atoms with Crippen molar-refractivity contribution in [2.45, 2.75) is 42.9 Å². The van der Waals surface area contributed by atoms with Gasteiger partial charge in [-0.3, -0.25) is 0 Å². The molecule has 0 radical (unpaired) electrons. The minimum Gasteiger partial charge on any atom is -0.454 e. The molecule has 9 nitrogen and oxygen atoms in total. The molecule has 1 aliphatic carbocycles. The Balaban J connectivity index is 1.34. The lowest BCUT2D eigenvalue weighted by Gasteiger charge is -2.34. The van der Waals surface area contributed by atoms with Crippen LogP contribution in [0.5, 0.6) is 6.01 Å². The molecular formula is C26H26F6N6O3S. The monoisotopic (exact) mass is 616 g/mol. The molecule has 1 fully saturated rings. The van der Waals surface area contributed by atoms with E-state index in [4.69, 9.17) is 4.74 Å². The van der Waals surface area contributed by atoms with Gasteiger partial charge in [0.05, 0.1) is 10.5 Å². The summed E-state index contributed by atoms with van der Waals surface area (Å²) in [6.45, 7) is -1.43. The average Bonchev–Trinajstić information content (AvgIpc) is 2.95. The Labute approximate surface area is 237 Å². The highest BCUT2D eigenvalue weighted by atomic mass is 32.2. The highest BCUT2D eigenvalue weighted by molar-refractivity contribution is 7.89. The molecule has 3 aromatic rings. The number of fused-ring (bicyclic) bond motifs is 1. The number of nitrogens with one attached hydrogen (secondary N) is 1. The number of halogens is 6. The van der Waals surface area contributed by atoms with Gasteiger partial charge in [-0.1, -0.05) is 12.1 Å². The van der Waals surface area contributed by atoms with Crippen LogP contribution in [0.3, 0.4) is 0 Å². The van der Waals surface area contributed by atoms with Gasteiger partial charge in [-0.2, -0.15) is 45.6 Å². The van der Waals surface area contributed by atoms with Crippen molar-refractivity contribution in [1.82, 2.24) is 19.3 Å². The molecule has 0 spiro atoms. The van der Waals surface area contributed by atoms with Crippen LogP contribution in [0.2, 0.25) is 0 Å². The van der Waals surface area contributed by atoms with Gasteiger partial charge in [0.2, 0.25) is 21.9 Å². The molecule has 1 N–H and O–H groups in total. The Morgan fingerprint density at radius 2 is 1.57 bits per heavy atom. The predicted octanol–water partition coefficient (Wildman–Crippen LogP) is 4.96. The summed E-state index contributed by atoms with van der Waals surface area (Å²) in [4.78, 5) is 13.6. The third-order valence-corrected chi connectivity index (χ3v) is 8.79. The number of sulfonamides is 1. The van der Waals surface area contributed by atoms with Crippen LogP contribution in [0, 0.1) is 0 Å². The number of benzene rings is 2. The fourth-order valence-corrected chi connectivity index (χ4v) is 6.28. The summed E-state index contributed by atoms with van der Waals surface area (Å²) in [7, 11) is -3.80. The third-order valence-electron chi connectivity index (χ3n) is 6.89. The molecule has 0 atom stereocenters. The van der Waals surface area contributed by atoms with Gasteiger partial charge in [0.25, 0.3) is 0 Å². The molecule has 5 rings (SSSR count). The van der Waals surface area contributed by atoms with E-state index >= 15 is 0 Å². The van der Waals surface area contributed by atoms with E-state index in [0.29, 0.717) is 0 Å². The Hall–Kier alpha value is -3.66. The molecule has 1 aliphatic heterocycles. The summed E-state index contributed by atoms with van der Waals surface area (Å²) in [5, 5.41) is 2.56. The molecule has 1 aromatic heterocycles. The van der Waals surface area contributed by atoms with Crippen molar-refractivity contribution >= 4 is 27.6 Å². The molecular weight excluding hydrogens is 590 g/mol. The topological polar surface area (TPSA) is 101 Å². The number of ether oxygens (including phenoxy) is 1. The lowest BCUT2D eigenvalue weighted by molar-refractivity contribution is -0.154. The molecule has 0 saturated carbocycles. The van der Waals surface area contributed by atoms with E-state index in [1.807, 2.05) is 6.07 Å². The molecule has 16 heteroatoms. The standard InChI is InChI=1S/C26H26F6N6O3S/c27-25(28,29)16-41-24-35-22(33-20-7-3-6-19(15-20)26(30,31)32)34-23(36-24)37-10-12-38(13-11-37)42(39,40)21-9-8-17-4-1-2-5-18(17)14-21/h3,6-9,14-15H,1-2,4-5,10-13,16H2,(H,33,34,35,36). The molecule has 1 saturated heterocycles. The van der Waals surface area contributed by atoms with Crippen LogP contribution in [-0.2, 0) is 29.0 Å². The summed E-state index contributed by atoms with van der Waals surface area (Å²) in [6, 6.07) is 8.59. The smallest absolute Gasteiger partial charge is 0.422 e. The first-order valence-corrected chi connectivity index (χ1v) is 14.5. The average molecular weight is 617 g/mol. The van der Waals surface area contributed by atoms with Crippen LogP contribution in [-0.4, -0.2) is 66.6 Å². The molecule has 2 aliphatic rings. The highest BCUT2D eigenvalue weighted by Gasteiger charge is 2.33. The van der Waals surface area contributed by atoms with Crippen molar-refractivity contribution in [2.24, 2.45) is 0 Å². The predicted molar refractivity (Wildman–Crippen MR) is 140 cm³/mol. The van der Waals surface area contributed by atoms with Crippen molar-refractivity contribution in [3.8, 4) is 6.01 Å². The quantitative estimate of drug-likeness (QED) is 0.372. The zero-order valence-electron chi connectivity index (χ0n) is 22.0. The van der Waals surface area contributed by atoms with Crippen LogP contribution in [0.15, 0.2) is 47.4 Å². The molecule has 2 heterocycles. The molecule has 226 valence electrons. The van der Waals surface area contributed by atoms with E-state index in [-0.39, 0.29) is 48.7 Å². The number of anilines is 3. The van der Waals surface area contributed by atoms with Gasteiger partial charge >= 0.3 is 18.4 Å². The van der Waals surface area contributed by atoms with Crippen LogP contribution in [0.25, 0.3) is 0 Å². The van der Waals surface area contributed by atoms with Gasteiger partial charge in [-0.15, -0.1) is 0 Å². The lowest BCUT2D eigenvalue weighted by Crippen LogP contribution is -2.49. The van der Waals surface area contributed by atoms with Gasteiger partial charge in [-0.25, -0.2) is 8.42 Å². The maximum absolute atomic E-state index is 13.4. The van der Waals surface area contributed by atoms with Crippen LogP contribution in [0.4, 0.5) is 43.9 Å². The number of hydrogen-bond acceptors (Lipinski definition) is 8. The number of aryl methyl sites for hydroxylation is 2. The number of alkyl halides is 6. The Bertz CT molecular complexity index is 1540. The maximum atomic E-state index is 13.4. The number of hydrogen-bond donors (Lipinski definition) is 1. The summed E-state index contributed by atoms with van der Waals surface area (Å²) in [6.07, 6.45) is -5.51. The molecule has 0 amide bonds. The fourth-order valence-electron chi connectivity index (χ4n) is 4.80. The van der Waals surface area contributed by atoms with Gasteiger partial charge in [0, 0.05) is 31.9 Å². The maximum Gasteiger partial charge on any atom is 0.422 e. The molecule has 0 bridgehead atoms.